The molecule has 0 spiro atoms. The van der Waals surface area contributed by atoms with E-state index in [4.69, 9.17) is 0 Å². The van der Waals surface area contributed by atoms with Gasteiger partial charge in [0, 0.05) is 5.41 Å². The van der Waals surface area contributed by atoms with Gasteiger partial charge >= 0.3 is 0 Å². The smallest absolute Gasteiger partial charge is 0.0183 e. The summed E-state index contributed by atoms with van der Waals surface area (Å²) >= 11 is 0. The van der Waals surface area contributed by atoms with Crippen LogP contribution in [0.4, 0.5) is 0 Å². The van der Waals surface area contributed by atoms with Gasteiger partial charge < -0.3 is 0 Å². The minimum atomic E-state index is 0.138. The Morgan fingerprint density at radius 1 is 1.20 bits per heavy atom. The Morgan fingerprint density at radius 3 is 2.60 bits per heavy atom. The first-order valence-corrected chi connectivity index (χ1v) is 10.1. The van der Waals surface area contributed by atoms with E-state index < -0.39 is 0 Å². The summed E-state index contributed by atoms with van der Waals surface area (Å²) in [6.07, 6.45) is 12.3. The predicted molar refractivity (Wildman–Crippen MR) is 113 cm³/mol. The molecule has 1 aliphatic carbocycles. The summed E-state index contributed by atoms with van der Waals surface area (Å²) in [6, 6.07) is 8.99. The Bertz CT molecular complexity index is 658. The second-order valence-corrected chi connectivity index (χ2v) is 8.15. The fraction of sp³-hybridized carbons (Fsp3) is 0.520. The van der Waals surface area contributed by atoms with Gasteiger partial charge in [0.2, 0.25) is 0 Å². The summed E-state index contributed by atoms with van der Waals surface area (Å²) in [5, 5.41) is 0. The summed E-state index contributed by atoms with van der Waals surface area (Å²) in [7, 11) is 0. The monoisotopic (exact) mass is 336 g/mol. The van der Waals surface area contributed by atoms with Crippen LogP contribution in [0.25, 0.3) is 5.57 Å². The Kier molecular flexibility index (Phi) is 6.87. The van der Waals surface area contributed by atoms with Crippen molar-refractivity contribution in [1.29, 1.82) is 0 Å². The van der Waals surface area contributed by atoms with Gasteiger partial charge in [0.05, 0.1) is 0 Å². The number of hydrogen-bond acceptors (Lipinski definition) is 0. The van der Waals surface area contributed by atoms with Gasteiger partial charge in [-0.1, -0.05) is 101 Å². The van der Waals surface area contributed by atoms with Gasteiger partial charge in [-0.25, -0.2) is 0 Å². The summed E-state index contributed by atoms with van der Waals surface area (Å²) in [5.74, 6) is 0.869. The SMILES string of the molecule is C=C/C(C)=C\C1=C(C)c2ccccc2C1(C)CCCCC(C)CCC. The Hall–Kier alpha value is -1.56. The lowest BCUT2D eigenvalue weighted by Crippen LogP contribution is -2.22. The minimum Gasteiger partial charge on any atom is -0.0988 e. The molecular formula is C25H36. The van der Waals surface area contributed by atoms with Crippen molar-refractivity contribution >= 4 is 5.57 Å². The van der Waals surface area contributed by atoms with E-state index >= 15 is 0 Å². The fourth-order valence-corrected chi connectivity index (χ4v) is 4.43. The van der Waals surface area contributed by atoms with Crippen LogP contribution in [0.2, 0.25) is 0 Å². The average molecular weight is 337 g/mol. The van der Waals surface area contributed by atoms with Crippen molar-refractivity contribution in [3.8, 4) is 0 Å². The van der Waals surface area contributed by atoms with E-state index in [1.54, 1.807) is 0 Å². The number of fused-ring (bicyclic) bond motifs is 1. The molecule has 1 aromatic rings. The maximum absolute atomic E-state index is 3.95. The second kappa shape index (κ2) is 8.70. The van der Waals surface area contributed by atoms with Crippen molar-refractivity contribution in [1.82, 2.24) is 0 Å². The first-order chi connectivity index (χ1) is 11.9. The molecule has 0 aromatic heterocycles. The van der Waals surface area contributed by atoms with Crippen LogP contribution in [0, 0.1) is 5.92 Å². The van der Waals surface area contributed by atoms with Crippen LogP contribution in [-0.2, 0) is 5.41 Å². The molecule has 136 valence electrons. The lowest BCUT2D eigenvalue weighted by Gasteiger charge is -2.29. The molecule has 0 radical (unpaired) electrons. The van der Waals surface area contributed by atoms with E-state index in [2.05, 4.69) is 71.5 Å². The molecule has 0 heterocycles. The van der Waals surface area contributed by atoms with Crippen LogP contribution in [0.5, 0.6) is 0 Å². The zero-order valence-electron chi connectivity index (χ0n) is 17.0. The molecule has 1 aliphatic rings. The molecular weight excluding hydrogens is 300 g/mol. The predicted octanol–water partition coefficient (Wildman–Crippen LogP) is 7.86. The molecule has 0 saturated heterocycles. The molecule has 2 unspecified atom stereocenters. The summed E-state index contributed by atoms with van der Waals surface area (Å²) in [4.78, 5) is 0. The van der Waals surface area contributed by atoms with Crippen molar-refractivity contribution in [3.63, 3.8) is 0 Å². The minimum absolute atomic E-state index is 0.138. The molecule has 0 aliphatic heterocycles. The van der Waals surface area contributed by atoms with Gasteiger partial charge in [-0.05, 0) is 48.5 Å². The van der Waals surface area contributed by atoms with Crippen LogP contribution < -0.4 is 0 Å². The molecule has 0 nitrogen and oxygen atoms in total. The largest absolute Gasteiger partial charge is 0.0988 e. The summed E-state index contributed by atoms with van der Waals surface area (Å²) in [5.41, 5.74) is 7.28. The molecule has 2 atom stereocenters. The van der Waals surface area contributed by atoms with Gasteiger partial charge in [-0.2, -0.15) is 0 Å². The van der Waals surface area contributed by atoms with E-state index in [1.165, 1.54) is 66.4 Å². The van der Waals surface area contributed by atoms with E-state index in [9.17, 15) is 0 Å². The maximum atomic E-state index is 3.95. The molecule has 25 heavy (non-hydrogen) atoms. The highest BCUT2D eigenvalue weighted by molar-refractivity contribution is 5.81. The van der Waals surface area contributed by atoms with Crippen molar-refractivity contribution < 1.29 is 0 Å². The normalized spacial score (nSPS) is 21.4. The standard InChI is InChI=1S/C25H36/c1-7-13-20(4)14-11-12-17-25(6)23-16-10-9-15-22(23)21(5)24(25)18-19(3)8-2/h8-10,15-16,18,20H,2,7,11-14,17H2,1,3-6H3/b19-18-. The molecule has 0 fully saturated rings. The average Bonchev–Trinajstić information content (AvgIpc) is 2.81. The summed E-state index contributed by atoms with van der Waals surface area (Å²) in [6.45, 7) is 15.5. The molecule has 0 saturated carbocycles. The summed E-state index contributed by atoms with van der Waals surface area (Å²) < 4.78 is 0. The Labute approximate surface area is 155 Å². The van der Waals surface area contributed by atoms with Crippen molar-refractivity contribution in [2.45, 2.75) is 78.6 Å². The van der Waals surface area contributed by atoms with Crippen molar-refractivity contribution in [3.05, 3.63) is 65.3 Å². The molecule has 0 bridgehead atoms. The van der Waals surface area contributed by atoms with Gasteiger partial charge in [0.15, 0.2) is 0 Å². The number of unbranched alkanes of at least 4 members (excludes halogenated alkanes) is 1. The van der Waals surface area contributed by atoms with Crippen LogP contribution in [-0.4, -0.2) is 0 Å². The topological polar surface area (TPSA) is 0 Å². The van der Waals surface area contributed by atoms with E-state index in [0.29, 0.717) is 0 Å². The van der Waals surface area contributed by atoms with E-state index in [-0.39, 0.29) is 5.41 Å². The quantitative estimate of drug-likeness (QED) is 0.318. The lowest BCUT2D eigenvalue weighted by atomic mass is 9.74. The third-order valence-electron chi connectivity index (χ3n) is 6.02. The zero-order chi connectivity index (χ0) is 18.4. The van der Waals surface area contributed by atoms with Gasteiger partial charge in [-0.3, -0.25) is 0 Å². The molecule has 0 amide bonds. The van der Waals surface area contributed by atoms with Gasteiger partial charge in [-0.15, -0.1) is 0 Å². The molecule has 0 heteroatoms. The number of hydrogen-bond donors (Lipinski definition) is 0. The molecule has 0 N–H and O–H groups in total. The third-order valence-corrected chi connectivity index (χ3v) is 6.02. The highest BCUT2D eigenvalue weighted by atomic mass is 14.4. The highest BCUT2D eigenvalue weighted by Crippen LogP contribution is 2.49. The van der Waals surface area contributed by atoms with Crippen molar-refractivity contribution in [2.24, 2.45) is 5.92 Å². The number of benzene rings is 1. The Morgan fingerprint density at radius 2 is 1.92 bits per heavy atom. The van der Waals surface area contributed by atoms with Crippen LogP contribution in [0.1, 0.15) is 84.3 Å². The van der Waals surface area contributed by atoms with Gasteiger partial charge in [0.1, 0.15) is 0 Å². The second-order valence-electron chi connectivity index (χ2n) is 8.15. The van der Waals surface area contributed by atoms with Crippen LogP contribution in [0.3, 0.4) is 0 Å². The van der Waals surface area contributed by atoms with E-state index in [1.807, 2.05) is 6.08 Å². The number of allylic oxidation sites excluding steroid dienone is 5. The van der Waals surface area contributed by atoms with Crippen LogP contribution >= 0.6 is 0 Å². The van der Waals surface area contributed by atoms with Crippen LogP contribution in [0.15, 0.2) is 54.1 Å². The lowest BCUT2D eigenvalue weighted by molar-refractivity contribution is 0.426. The molecule has 2 rings (SSSR count). The van der Waals surface area contributed by atoms with Crippen molar-refractivity contribution in [2.75, 3.05) is 0 Å². The third kappa shape index (κ3) is 4.35. The number of rotatable bonds is 9. The maximum Gasteiger partial charge on any atom is 0.0183 e. The first-order valence-electron chi connectivity index (χ1n) is 10.1. The zero-order valence-corrected chi connectivity index (χ0v) is 17.0. The Balaban J connectivity index is 2.21. The molecule has 1 aromatic carbocycles. The van der Waals surface area contributed by atoms with E-state index in [0.717, 1.165) is 5.92 Å². The van der Waals surface area contributed by atoms with Gasteiger partial charge in [0.25, 0.3) is 0 Å². The highest BCUT2D eigenvalue weighted by Gasteiger charge is 2.38. The first kappa shape index (κ1) is 19.8. The fourth-order valence-electron chi connectivity index (χ4n) is 4.43.